The molecule has 0 amide bonds. The van der Waals surface area contributed by atoms with Crippen LogP contribution < -0.4 is 0 Å². The normalized spacial score (nSPS) is 22.1. The number of fused-ring (bicyclic) bond motifs is 3. The van der Waals surface area contributed by atoms with E-state index in [-0.39, 0.29) is 11.3 Å². The highest BCUT2D eigenvalue weighted by Gasteiger charge is 2.44. The summed E-state index contributed by atoms with van der Waals surface area (Å²) in [6.07, 6.45) is 20.1. The van der Waals surface area contributed by atoms with Gasteiger partial charge in [-0.05, 0) is 73.9 Å². The molecule has 206 valence electrons. The van der Waals surface area contributed by atoms with E-state index >= 15 is 0 Å². The van der Waals surface area contributed by atoms with Gasteiger partial charge in [0.25, 0.3) is 0 Å². The zero-order valence-electron chi connectivity index (χ0n) is 24.2. The maximum atomic E-state index is 4.59. The molecule has 0 N–H and O–H groups in total. The Labute approximate surface area is 253 Å². The summed E-state index contributed by atoms with van der Waals surface area (Å²) in [6, 6.07) is 36.0. The summed E-state index contributed by atoms with van der Waals surface area (Å²) in [5.74, 6) is 0.530. The number of rotatable bonds is 4. The van der Waals surface area contributed by atoms with E-state index in [1.54, 1.807) is 0 Å². The summed E-state index contributed by atoms with van der Waals surface area (Å²) in [5.41, 5.74) is 11.4. The molecule has 0 saturated carbocycles. The second-order valence-corrected chi connectivity index (χ2v) is 12.0. The van der Waals surface area contributed by atoms with E-state index in [1.807, 2.05) is 24.8 Å². The van der Waals surface area contributed by atoms with Gasteiger partial charge in [0.05, 0.1) is 0 Å². The first-order valence-electron chi connectivity index (χ1n) is 15.1. The third-order valence-electron chi connectivity index (χ3n) is 9.46. The first-order chi connectivity index (χ1) is 21.2. The molecule has 3 aliphatic rings. The van der Waals surface area contributed by atoms with Gasteiger partial charge in [0.15, 0.2) is 0 Å². The predicted molar refractivity (Wildman–Crippen MR) is 179 cm³/mol. The van der Waals surface area contributed by atoms with Crippen LogP contribution in [0, 0.1) is 5.41 Å². The van der Waals surface area contributed by atoms with Crippen LogP contribution in [0.15, 0.2) is 157 Å². The molecule has 0 spiro atoms. The largest absolute Gasteiger partial charge is 0.269 e. The van der Waals surface area contributed by atoms with Gasteiger partial charge in [-0.1, -0.05) is 122 Å². The third-order valence-corrected chi connectivity index (χ3v) is 9.46. The van der Waals surface area contributed by atoms with Crippen molar-refractivity contribution in [1.29, 1.82) is 0 Å². The van der Waals surface area contributed by atoms with Gasteiger partial charge in [0.1, 0.15) is 0 Å². The second-order valence-electron chi connectivity index (χ2n) is 12.0. The van der Waals surface area contributed by atoms with Crippen LogP contribution in [-0.4, -0.2) is 11.2 Å². The van der Waals surface area contributed by atoms with E-state index in [4.69, 9.17) is 0 Å². The number of aromatic nitrogens is 1. The maximum absolute atomic E-state index is 4.59. The molecule has 1 aromatic heterocycles. The number of hydrogen-bond acceptors (Lipinski definition) is 2. The fourth-order valence-corrected chi connectivity index (χ4v) is 7.32. The van der Waals surface area contributed by atoms with Crippen LogP contribution in [0.1, 0.15) is 53.0 Å². The van der Waals surface area contributed by atoms with Gasteiger partial charge >= 0.3 is 0 Å². The Balaban J connectivity index is 1.22. The Kier molecular flexibility index (Phi) is 6.15. The lowest BCUT2D eigenvalue weighted by atomic mass is 9.58. The minimum absolute atomic E-state index is 0.174. The van der Waals surface area contributed by atoms with Crippen LogP contribution in [0.4, 0.5) is 0 Å². The molecule has 4 aromatic carbocycles. The number of hydrogen-bond donors (Lipinski definition) is 0. The molecule has 1 aliphatic heterocycles. The molecule has 43 heavy (non-hydrogen) atoms. The van der Waals surface area contributed by atoms with Crippen molar-refractivity contribution in [3.8, 4) is 11.1 Å². The lowest BCUT2D eigenvalue weighted by molar-refractivity contribution is 0.449. The molecular formula is C41H32N2. The highest BCUT2D eigenvalue weighted by molar-refractivity contribution is 5.91. The number of nitrogens with zero attached hydrogens (tertiary/aromatic N) is 2. The summed E-state index contributed by atoms with van der Waals surface area (Å²) in [4.78, 5) is 8.82. The zero-order valence-corrected chi connectivity index (χ0v) is 24.2. The first-order valence-corrected chi connectivity index (χ1v) is 15.1. The number of benzene rings is 4. The molecule has 3 atom stereocenters. The van der Waals surface area contributed by atoms with Crippen molar-refractivity contribution in [3.63, 3.8) is 0 Å². The van der Waals surface area contributed by atoms with Gasteiger partial charge in [-0.25, -0.2) is 0 Å². The van der Waals surface area contributed by atoms with E-state index < -0.39 is 0 Å². The first kappa shape index (κ1) is 25.6. The average molecular weight is 553 g/mol. The van der Waals surface area contributed by atoms with Gasteiger partial charge in [0, 0.05) is 47.6 Å². The Morgan fingerprint density at radius 2 is 1.56 bits per heavy atom. The van der Waals surface area contributed by atoms with Gasteiger partial charge < -0.3 is 0 Å². The standard InChI is InChI=1S/C41H32N2/c1-41-20-8-7-13-38(41)39(29-9-3-2-4-10-29)36-11-5-6-12-37(36)40(41)33-17-16-30-23-32(15-14-31(30)24-33)35-25-34(26-43-27-35)28-18-21-42-22-19-28/h2-18,20-28,40H,19H2,1H3. The summed E-state index contributed by atoms with van der Waals surface area (Å²) in [5, 5.41) is 2.50. The van der Waals surface area contributed by atoms with Crippen molar-refractivity contribution < 1.29 is 0 Å². The van der Waals surface area contributed by atoms with Crippen LogP contribution in [0.3, 0.4) is 0 Å². The van der Waals surface area contributed by atoms with Crippen molar-refractivity contribution in [2.24, 2.45) is 10.4 Å². The quantitative estimate of drug-likeness (QED) is 0.218. The van der Waals surface area contributed by atoms with Gasteiger partial charge in [0.2, 0.25) is 0 Å². The SMILES string of the molecule is CC12C=CC=CC1=C(c1ccccc1)c1ccccc1C2c1ccc2cc(-c3cncc(C4C=CN=CC4)c3)ccc2c1. The number of aliphatic imine (C=N–C) groups is 1. The molecule has 0 bridgehead atoms. The van der Waals surface area contributed by atoms with Gasteiger partial charge in [-0.15, -0.1) is 0 Å². The molecule has 3 unspecified atom stereocenters. The predicted octanol–water partition coefficient (Wildman–Crippen LogP) is 10.1. The summed E-state index contributed by atoms with van der Waals surface area (Å²) in [7, 11) is 0. The van der Waals surface area contributed by atoms with Crippen molar-refractivity contribution >= 4 is 22.6 Å². The fraction of sp³-hybridized carbons (Fsp3) is 0.122. The lowest BCUT2D eigenvalue weighted by Crippen LogP contribution is -2.32. The van der Waals surface area contributed by atoms with Crippen molar-refractivity contribution in [2.75, 3.05) is 0 Å². The Morgan fingerprint density at radius 3 is 2.44 bits per heavy atom. The molecule has 0 fully saturated rings. The van der Waals surface area contributed by atoms with E-state index in [9.17, 15) is 0 Å². The Bertz CT molecular complexity index is 2020. The van der Waals surface area contributed by atoms with Crippen molar-refractivity contribution in [3.05, 3.63) is 179 Å². The molecule has 2 heterocycles. The molecule has 2 nitrogen and oxygen atoms in total. The van der Waals surface area contributed by atoms with E-state index in [1.165, 1.54) is 55.3 Å². The Hall–Kier alpha value is -5.08. The van der Waals surface area contributed by atoms with E-state index in [0.717, 1.165) is 12.0 Å². The molecule has 2 aliphatic carbocycles. The molecular weight excluding hydrogens is 520 g/mol. The van der Waals surface area contributed by atoms with Crippen molar-refractivity contribution in [2.45, 2.75) is 25.2 Å². The summed E-state index contributed by atoms with van der Waals surface area (Å²) >= 11 is 0. The minimum atomic E-state index is -0.174. The molecule has 0 radical (unpaired) electrons. The summed E-state index contributed by atoms with van der Waals surface area (Å²) < 4.78 is 0. The lowest BCUT2D eigenvalue weighted by Gasteiger charge is -2.45. The van der Waals surface area contributed by atoms with Crippen LogP contribution >= 0.6 is 0 Å². The third kappa shape index (κ3) is 4.33. The van der Waals surface area contributed by atoms with E-state index in [2.05, 4.69) is 144 Å². The van der Waals surface area contributed by atoms with Gasteiger partial charge in [-0.3, -0.25) is 9.98 Å². The molecule has 8 rings (SSSR count). The van der Waals surface area contributed by atoms with Crippen LogP contribution in [0.25, 0.3) is 27.5 Å². The van der Waals surface area contributed by atoms with Gasteiger partial charge in [-0.2, -0.15) is 0 Å². The number of pyridine rings is 1. The average Bonchev–Trinajstić information content (AvgIpc) is 3.07. The van der Waals surface area contributed by atoms with Crippen LogP contribution in [0.2, 0.25) is 0 Å². The second kappa shape index (κ2) is 10.3. The maximum Gasteiger partial charge on any atom is 0.0346 e. The monoisotopic (exact) mass is 552 g/mol. The smallest absolute Gasteiger partial charge is 0.0346 e. The van der Waals surface area contributed by atoms with E-state index in [0.29, 0.717) is 5.92 Å². The molecule has 0 saturated heterocycles. The fourth-order valence-electron chi connectivity index (χ4n) is 7.32. The van der Waals surface area contributed by atoms with Crippen molar-refractivity contribution in [1.82, 2.24) is 4.98 Å². The molecule has 2 heteroatoms. The van der Waals surface area contributed by atoms with Crippen LogP contribution in [0.5, 0.6) is 0 Å². The number of allylic oxidation sites excluding steroid dienone is 6. The summed E-state index contributed by atoms with van der Waals surface area (Å²) in [6.45, 7) is 2.41. The molecule has 5 aromatic rings. The minimum Gasteiger partial charge on any atom is -0.269 e. The van der Waals surface area contributed by atoms with Crippen LogP contribution in [-0.2, 0) is 0 Å². The topological polar surface area (TPSA) is 25.2 Å². The zero-order chi connectivity index (χ0) is 28.8. The Morgan fingerprint density at radius 1 is 0.721 bits per heavy atom. The highest BCUT2D eigenvalue weighted by atomic mass is 14.7. The highest BCUT2D eigenvalue weighted by Crippen LogP contribution is 2.57.